The van der Waals surface area contributed by atoms with Crippen LogP contribution in [0.3, 0.4) is 0 Å². The van der Waals surface area contributed by atoms with Crippen molar-refractivity contribution in [3.05, 3.63) is 115 Å². The zero-order valence-electron chi connectivity index (χ0n) is 36.1. The maximum atomic E-state index is 14.1. The number of nitrogens with zero attached hydrogens (tertiary/aromatic N) is 8. The lowest BCUT2D eigenvalue weighted by atomic mass is 10.2. The summed E-state index contributed by atoms with van der Waals surface area (Å²) in [4.78, 5) is 95.3. The minimum Gasteiger partial charge on any atom is -0.368 e. The fraction of sp³-hybridized carbons (Fsp3) is 0.391. The van der Waals surface area contributed by atoms with Gasteiger partial charge in [0, 0.05) is 70.1 Å². The molecule has 4 aromatic heterocycles. The lowest BCUT2D eigenvalue weighted by molar-refractivity contribution is -0.122. The normalized spacial score (nSPS) is 16.4. The SMILES string of the molecule is Cc1c(C(=O)N2CCN(c3ccccc3)CC2)sc2ncn(CC(=O)NC3CC3)c(=O)c12.Cc1c(C(=O)N2CCN(c3ccccc3F)CC2)sc2ncn(CC(=O)NC3CC3)c(=O)c12. The molecule has 6 aromatic rings. The first-order valence-corrected chi connectivity index (χ1v) is 23.5. The van der Waals surface area contributed by atoms with E-state index in [-0.39, 0.29) is 65.7 Å². The molecule has 4 fully saturated rings. The van der Waals surface area contributed by atoms with E-state index in [2.05, 4.69) is 37.6 Å². The van der Waals surface area contributed by atoms with Crippen LogP contribution >= 0.6 is 22.7 Å². The zero-order valence-corrected chi connectivity index (χ0v) is 37.8. The van der Waals surface area contributed by atoms with Crippen LogP contribution in [0.1, 0.15) is 56.2 Å². The number of hydrogen-bond donors (Lipinski definition) is 2. The van der Waals surface area contributed by atoms with Crippen molar-refractivity contribution in [2.75, 3.05) is 62.2 Å². The standard InChI is InChI=1S/C23H24FN5O3S.C23H25N5O3S/c1-14-19-21(25-13-29(22(19)31)12-18(30)26-15-6-7-15)33-20(14)23(32)28-10-8-27(9-11-28)17-5-3-2-4-16(17)24;1-15-19-21(24-14-28(22(19)30)13-18(29)25-16-7-8-16)32-20(15)23(31)27-11-9-26(10-12-27)17-5-3-2-4-6-17/h2-5,13,15H,6-12H2,1H3,(H,26,30);2-6,14,16H,7-13H2,1H3,(H,25,29). The first kappa shape index (κ1) is 43.8. The maximum Gasteiger partial charge on any atom is 0.264 e. The van der Waals surface area contributed by atoms with Crippen LogP contribution in [0.2, 0.25) is 0 Å². The number of carbonyl (C=O) groups excluding carboxylic acids is 4. The second-order valence-electron chi connectivity index (χ2n) is 16.9. The summed E-state index contributed by atoms with van der Waals surface area (Å²) in [5.41, 5.74) is 2.35. The van der Waals surface area contributed by atoms with E-state index in [1.165, 1.54) is 50.5 Å². The first-order valence-electron chi connectivity index (χ1n) is 21.9. The smallest absolute Gasteiger partial charge is 0.264 e. The van der Waals surface area contributed by atoms with Crippen LogP contribution in [-0.2, 0) is 22.7 Å². The number of aromatic nitrogens is 4. The number of hydrogen-bond acceptors (Lipinski definition) is 12. The molecule has 338 valence electrons. The predicted octanol–water partition coefficient (Wildman–Crippen LogP) is 4.15. The molecule has 2 saturated heterocycles. The Morgan fingerprint density at radius 3 is 1.49 bits per heavy atom. The number of anilines is 2. The molecule has 2 N–H and O–H groups in total. The third-order valence-corrected chi connectivity index (χ3v) is 14.6. The molecular weight excluding hydrogens is 872 g/mol. The van der Waals surface area contributed by atoms with Crippen molar-refractivity contribution in [3.63, 3.8) is 0 Å². The van der Waals surface area contributed by atoms with Gasteiger partial charge < -0.3 is 30.2 Å². The summed E-state index contributed by atoms with van der Waals surface area (Å²) in [6, 6.07) is 17.3. The highest BCUT2D eigenvalue weighted by Gasteiger charge is 2.30. The minimum absolute atomic E-state index is 0.0573. The first-order chi connectivity index (χ1) is 31.4. The molecular formula is C46H49FN10O6S2. The summed E-state index contributed by atoms with van der Waals surface area (Å²) < 4.78 is 16.7. The van der Waals surface area contributed by atoms with Gasteiger partial charge in [0.05, 0.1) is 38.9 Å². The average Bonchev–Trinajstić information content (AvgIpc) is 4.25. The average molecular weight is 921 g/mol. The summed E-state index contributed by atoms with van der Waals surface area (Å²) in [5, 5.41) is 6.57. The summed E-state index contributed by atoms with van der Waals surface area (Å²) in [6.07, 6.45) is 6.71. The number of amides is 4. The van der Waals surface area contributed by atoms with Gasteiger partial charge in [-0.2, -0.15) is 0 Å². The Balaban J connectivity index is 0.000000164. The van der Waals surface area contributed by atoms with Gasteiger partial charge in [0.1, 0.15) is 28.6 Å². The van der Waals surface area contributed by atoms with Gasteiger partial charge >= 0.3 is 0 Å². The van der Waals surface area contributed by atoms with Gasteiger partial charge in [-0.25, -0.2) is 14.4 Å². The van der Waals surface area contributed by atoms with E-state index < -0.39 is 0 Å². The fourth-order valence-electron chi connectivity index (χ4n) is 8.22. The summed E-state index contributed by atoms with van der Waals surface area (Å²) in [7, 11) is 0. The molecule has 2 aliphatic carbocycles. The van der Waals surface area contributed by atoms with E-state index in [1.807, 2.05) is 28.0 Å². The molecule has 65 heavy (non-hydrogen) atoms. The van der Waals surface area contributed by atoms with Gasteiger partial charge in [-0.05, 0) is 74.9 Å². The van der Waals surface area contributed by atoms with Crippen molar-refractivity contribution in [2.24, 2.45) is 0 Å². The number of piperazine rings is 2. The number of rotatable bonds is 10. The molecule has 0 spiro atoms. The number of carbonyl (C=O) groups is 4. The van der Waals surface area contributed by atoms with Crippen LogP contribution in [-0.4, -0.2) is 117 Å². The van der Waals surface area contributed by atoms with Crippen LogP contribution < -0.4 is 31.6 Å². The molecule has 4 amide bonds. The number of fused-ring (bicyclic) bond motifs is 2. The number of thiophene rings is 2. The van der Waals surface area contributed by atoms with Crippen LogP contribution in [0.25, 0.3) is 20.4 Å². The Labute approximate surface area is 381 Å². The Kier molecular flexibility index (Phi) is 12.5. The van der Waals surface area contributed by atoms with Crippen LogP contribution in [0.4, 0.5) is 15.8 Å². The van der Waals surface area contributed by atoms with Crippen molar-refractivity contribution in [1.29, 1.82) is 0 Å². The molecule has 0 atom stereocenters. The van der Waals surface area contributed by atoms with Crippen molar-refractivity contribution in [3.8, 4) is 0 Å². The summed E-state index contributed by atoms with van der Waals surface area (Å²) >= 11 is 2.45. The Morgan fingerprint density at radius 1 is 0.615 bits per heavy atom. The third-order valence-electron chi connectivity index (χ3n) is 12.2. The Hall–Kier alpha value is -6.47. The molecule has 2 saturated carbocycles. The Morgan fingerprint density at radius 2 is 1.05 bits per heavy atom. The van der Waals surface area contributed by atoms with E-state index in [1.54, 1.807) is 36.9 Å². The molecule has 2 aliphatic heterocycles. The number of halogens is 1. The molecule has 4 aliphatic rings. The van der Waals surface area contributed by atoms with Gasteiger partial charge in [-0.3, -0.25) is 37.9 Å². The van der Waals surface area contributed by atoms with E-state index in [4.69, 9.17) is 0 Å². The van der Waals surface area contributed by atoms with Crippen molar-refractivity contribution in [1.82, 2.24) is 39.5 Å². The van der Waals surface area contributed by atoms with Crippen molar-refractivity contribution < 1.29 is 23.6 Å². The molecule has 19 heteroatoms. The van der Waals surface area contributed by atoms with E-state index in [0.717, 1.165) is 44.5 Å². The van der Waals surface area contributed by atoms with Crippen LogP contribution in [0.15, 0.2) is 76.8 Å². The topological polar surface area (TPSA) is 175 Å². The maximum absolute atomic E-state index is 14.1. The lowest BCUT2D eigenvalue weighted by Gasteiger charge is -2.36. The number of para-hydroxylation sites is 2. The van der Waals surface area contributed by atoms with E-state index in [0.29, 0.717) is 86.3 Å². The molecule has 10 rings (SSSR count). The Bertz CT molecular complexity index is 2910. The van der Waals surface area contributed by atoms with Crippen molar-refractivity contribution in [2.45, 2.75) is 64.7 Å². The van der Waals surface area contributed by atoms with Gasteiger partial charge in [0.15, 0.2) is 0 Å². The molecule has 0 bridgehead atoms. The predicted molar refractivity (Wildman–Crippen MR) is 249 cm³/mol. The third kappa shape index (κ3) is 9.52. The quantitative estimate of drug-likeness (QED) is 0.203. The zero-order chi connectivity index (χ0) is 45.4. The highest BCUT2D eigenvalue weighted by atomic mass is 32.1. The van der Waals surface area contributed by atoms with Gasteiger partial charge in [0.25, 0.3) is 22.9 Å². The monoisotopic (exact) mass is 920 g/mol. The minimum atomic E-state index is -0.317. The highest BCUT2D eigenvalue weighted by molar-refractivity contribution is 7.21. The second kappa shape index (κ2) is 18.6. The number of nitrogens with one attached hydrogen (secondary N) is 2. The number of benzene rings is 2. The molecule has 6 heterocycles. The van der Waals surface area contributed by atoms with Gasteiger partial charge in [0.2, 0.25) is 11.8 Å². The summed E-state index contributed by atoms with van der Waals surface area (Å²) in [5.74, 6) is -0.878. The fourth-order valence-corrected chi connectivity index (χ4v) is 10.4. The second-order valence-corrected chi connectivity index (χ2v) is 18.9. The molecule has 2 aromatic carbocycles. The van der Waals surface area contributed by atoms with Crippen LogP contribution in [0, 0.1) is 19.7 Å². The lowest BCUT2D eigenvalue weighted by Crippen LogP contribution is -2.49. The molecule has 16 nitrogen and oxygen atoms in total. The highest BCUT2D eigenvalue weighted by Crippen LogP contribution is 2.31. The largest absolute Gasteiger partial charge is 0.368 e. The van der Waals surface area contributed by atoms with Crippen LogP contribution in [0.5, 0.6) is 0 Å². The van der Waals surface area contributed by atoms with E-state index >= 15 is 0 Å². The summed E-state index contributed by atoms with van der Waals surface area (Å²) in [6.45, 7) is 8.15. The molecule has 0 unspecified atom stereocenters. The van der Waals surface area contributed by atoms with Crippen molar-refractivity contribution >= 4 is 78.1 Å². The van der Waals surface area contributed by atoms with E-state index in [9.17, 15) is 33.2 Å². The van der Waals surface area contributed by atoms with Gasteiger partial charge in [-0.15, -0.1) is 22.7 Å². The number of aryl methyl sites for hydroxylation is 2. The molecule has 0 radical (unpaired) electrons. The van der Waals surface area contributed by atoms with Gasteiger partial charge in [-0.1, -0.05) is 30.3 Å².